The fourth-order valence-corrected chi connectivity index (χ4v) is 2.49. The number of allylic oxidation sites excluding steroid dienone is 2. The zero-order valence-electron chi connectivity index (χ0n) is 11.0. The second kappa shape index (κ2) is 5.75. The Morgan fingerprint density at radius 2 is 1.42 bits per heavy atom. The van der Waals surface area contributed by atoms with Crippen molar-refractivity contribution in [2.45, 2.75) is 19.3 Å². The van der Waals surface area contributed by atoms with Gasteiger partial charge in [0, 0.05) is 0 Å². The molecule has 0 bridgehead atoms. The maximum Gasteiger partial charge on any atom is 0.127 e. The normalized spacial score (nSPS) is 14.7. The van der Waals surface area contributed by atoms with E-state index in [2.05, 4.69) is 36.4 Å². The van der Waals surface area contributed by atoms with E-state index in [0.717, 1.165) is 17.4 Å². The molecule has 0 N–H and O–H groups in total. The predicted octanol–water partition coefficient (Wildman–Crippen LogP) is 4.99. The van der Waals surface area contributed by atoms with Gasteiger partial charge >= 0.3 is 0 Å². The molecule has 0 radical (unpaired) electrons. The Hall–Kier alpha value is -2.02. The third-order valence-corrected chi connectivity index (χ3v) is 3.53. The van der Waals surface area contributed by atoms with Gasteiger partial charge in [0.25, 0.3) is 0 Å². The molecule has 0 fully saturated rings. The van der Waals surface area contributed by atoms with Gasteiger partial charge < -0.3 is 4.74 Å². The Bertz CT molecular complexity index is 532. The molecule has 3 rings (SSSR count). The lowest BCUT2D eigenvalue weighted by Crippen LogP contribution is -1.98. The molecular weight excluding hydrogens is 232 g/mol. The molecule has 0 unspecified atom stereocenters. The second-order valence-corrected chi connectivity index (χ2v) is 5.07. The smallest absolute Gasteiger partial charge is 0.127 e. The van der Waals surface area contributed by atoms with Gasteiger partial charge in [0.2, 0.25) is 0 Å². The van der Waals surface area contributed by atoms with Crippen molar-refractivity contribution in [3.8, 4) is 11.5 Å². The van der Waals surface area contributed by atoms with Crippen LogP contribution in [0.2, 0.25) is 0 Å². The van der Waals surface area contributed by atoms with Gasteiger partial charge in [0.15, 0.2) is 0 Å². The van der Waals surface area contributed by atoms with Crippen LogP contribution < -0.4 is 4.74 Å². The quantitative estimate of drug-likeness (QED) is 0.695. The number of ether oxygens (including phenoxy) is 1. The first-order valence-electron chi connectivity index (χ1n) is 6.87. The summed E-state index contributed by atoms with van der Waals surface area (Å²) < 4.78 is 5.79. The summed E-state index contributed by atoms with van der Waals surface area (Å²) in [5.41, 5.74) is 1.40. The Kier molecular flexibility index (Phi) is 3.64. The average molecular weight is 250 g/mol. The molecule has 0 saturated heterocycles. The molecular formula is C18H18O. The third-order valence-electron chi connectivity index (χ3n) is 3.53. The molecule has 2 aromatic carbocycles. The van der Waals surface area contributed by atoms with Crippen LogP contribution in [0.4, 0.5) is 0 Å². The minimum Gasteiger partial charge on any atom is -0.457 e. The van der Waals surface area contributed by atoms with Gasteiger partial charge in [-0.15, -0.1) is 0 Å². The van der Waals surface area contributed by atoms with E-state index in [-0.39, 0.29) is 0 Å². The number of para-hydroxylation sites is 1. The molecule has 0 heterocycles. The minimum atomic E-state index is 0.792. The van der Waals surface area contributed by atoms with E-state index in [1.807, 2.05) is 30.3 Å². The van der Waals surface area contributed by atoms with E-state index in [9.17, 15) is 0 Å². The summed E-state index contributed by atoms with van der Waals surface area (Å²) in [4.78, 5) is 0. The molecule has 1 aliphatic rings. The standard InChI is InChI=1S/C18H18O/c1-2-8-17(9-3-1)19-18-12-10-16(11-13-18)14-15-6-4-5-7-15/h1-5,8-13,15H,6-7,14H2. The summed E-state index contributed by atoms with van der Waals surface area (Å²) in [6.45, 7) is 0. The van der Waals surface area contributed by atoms with Crippen molar-refractivity contribution >= 4 is 0 Å². The molecule has 96 valence electrons. The summed E-state index contributed by atoms with van der Waals surface area (Å²) >= 11 is 0. The van der Waals surface area contributed by atoms with Crippen LogP contribution in [0, 0.1) is 5.92 Å². The minimum absolute atomic E-state index is 0.792. The van der Waals surface area contributed by atoms with Crippen LogP contribution >= 0.6 is 0 Å². The zero-order valence-corrected chi connectivity index (χ0v) is 11.0. The second-order valence-electron chi connectivity index (χ2n) is 5.07. The molecule has 0 amide bonds. The molecule has 0 aromatic heterocycles. The first-order valence-corrected chi connectivity index (χ1v) is 6.87. The van der Waals surface area contributed by atoms with Gasteiger partial charge in [-0.3, -0.25) is 0 Å². The summed E-state index contributed by atoms with van der Waals surface area (Å²) in [7, 11) is 0. The van der Waals surface area contributed by atoms with E-state index >= 15 is 0 Å². The molecule has 2 aromatic rings. The molecule has 0 aliphatic heterocycles. The Morgan fingerprint density at radius 3 is 2.11 bits per heavy atom. The first kappa shape index (κ1) is 12.0. The van der Waals surface area contributed by atoms with Crippen molar-refractivity contribution in [2.75, 3.05) is 0 Å². The van der Waals surface area contributed by atoms with Gasteiger partial charge in [0.05, 0.1) is 0 Å². The average Bonchev–Trinajstić information content (AvgIpc) is 2.95. The van der Waals surface area contributed by atoms with Crippen LogP contribution in [-0.2, 0) is 6.42 Å². The van der Waals surface area contributed by atoms with Crippen LogP contribution in [0.15, 0.2) is 66.7 Å². The number of benzene rings is 2. The van der Waals surface area contributed by atoms with Crippen LogP contribution in [0.1, 0.15) is 18.4 Å². The van der Waals surface area contributed by atoms with Gasteiger partial charge in [-0.25, -0.2) is 0 Å². The monoisotopic (exact) mass is 250 g/mol. The molecule has 0 spiro atoms. The predicted molar refractivity (Wildman–Crippen MR) is 78.5 cm³/mol. The fourth-order valence-electron chi connectivity index (χ4n) is 2.49. The summed E-state index contributed by atoms with van der Waals surface area (Å²) in [6, 6.07) is 18.4. The highest BCUT2D eigenvalue weighted by molar-refractivity contribution is 5.33. The molecule has 1 heteroatoms. The highest BCUT2D eigenvalue weighted by atomic mass is 16.5. The highest BCUT2D eigenvalue weighted by Crippen LogP contribution is 2.25. The van der Waals surface area contributed by atoms with Crippen molar-refractivity contribution in [2.24, 2.45) is 5.92 Å². The summed E-state index contributed by atoms with van der Waals surface area (Å²) in [5, 5.41) is 0. The SMILES string of the molecule is C1=CCC(Cc2ccc(Oc3ccccc3)cc2)C1. The molecule has 0 atom stereocenters. The fraction of sp³-hybridized carbons (Fsp3) is 0.222. The first-order chi connectivity index (χ1) is 9.40. The van der Waals surface area contributed by atoms with Crippen molar-refractivity contribution in [3.63, 3.8) is 0 Å². The van der Waals surface area contributed by atoms with Crippen LogP contribution in [0.3, 0.4) is 0 Å². The van der Waals surface area contributed by atoms with Crippen LogP contribution in [-0.4, -0.2) is 0 Å². The van der Waals surface area contributed by atoms with Gasteiger partial charge in [-0.1, -0.05) is 42.5 Å². The lowest BCUT2D eigenvalue weighted by molar-refractivity contribution is 0.482. The maximum atomic E-state index is 5.79. The van der Waals surface area contributed by atoms with Gasteiger partial charge in [-0.2, -0.15) is 0 Å². The lowest BCUT2D eigenvalue weighted by Gasteiger charge is -2.10. The van der Waals surface area contributed by atoms with Crippen molar-refractivity contribution in [1.29, 1.82) is 0 Å². The topological polar surface area (TPSA) is 9.23 Å². The number of hydrogen-bond donors (Lipinski definition) is 0. The van der Waals surface area contributed by atoms with Gasteiger partial charge in [-0.05, 0) is 55.0 Å². The number of rotatable bonds is 4. The van der Waals surface area contributed by atoms with Crippen LogP contribution in [0.5, 0.6) is 11.5 Å². The zero-order chi connectivity index (χ0) is 12.9. The Labute approximate surface area is 114 Å². The van der Waals surface area contributed by atoms with Crippen LogP contribution in [0.25, 0.3) is 0 Å². The van der Waals surface area contributed by atoms with Crippen molar-refractivity contribution in [1.82, 2.24) is 0 Å². The lowest BCUT2D eigenvalue weighted by atomic mass is 9.97. The maximum absolute atomic E-state index is 5.79. The number of hydrogen-bond acceptors (Lipinski definition) is 1. The van der Waals surface area contributed by atoms with E-state index in [0.29, 0.717) is 0 Å². The van der Waals surface area contributed by atoms with Crippen molar-refractivity contribution in [3.05, 3.63) is 72.3 Å². The van der Waals surface area contributed by atoms with E-state index in [1.54, 1.807) is 0 Å². The molecule has 1 nitrogen and oxygen atoms in total. The molecule has 1 aliphatic carbocycles. The largest absolute Gasteiger partial charge is 0.457 e. The Morgan fingerprint density at radius 1 is 0.789 bits per heavy atom. The van der Waals surface area contributed by atoms with Gasteiger partial charge in [0.1, 0.15) is 11.5 Å². The van der Waals surface area contributed by atoms with Crippen molar-refractivity contribution < 1.29 is 4.74 Å². The molecule has 0 saturated carbocycles. The van der Waals surface area contributed by atoms with E-state index < -0.39 is 0 Å². The summed E-state index contributed by atoms with van der Waals surface area (Å²) in [6.07, 6.45) is 8.19. The third kappa shape index (κ3) is 3.25. The summed E-state index contributed by atoms with van der Waals surface area (Å²) in [5.74, 6) is 2.58. The van der Waals surface area contributed by atoms with E-state index in [4.69, 9.17) is 4.74 Å². The molecule has 19 heavy (non-hydrogen) atoms. The Balaban J connectivity index is 1.62. The highest BCUT2D eigenvalue weighted by Gasteiger charge is 2.10. The van der Waals surface area contributed by atoms with E-state index in [1.165, 1.54) is 24.8 Å².